The molecule has 0 fully saturated rings. The van der Waals surface area contributed by atoms with Crippen molar-refractivity contribution in [1.29, 1.82) is 0 Å². The molecule has 0 aliphatic heterocycles. The molecule has 0 atom stereocenters. The van der Waals surface area contributed by atoms with Gasteiger partial charge in [0.1, 0.15) is 0 Å². The van der Waals surface area contributed by atoms with Crippen LogP contribution in [0.25, 0.3) is 0 Å². The SMILES string of the molecule is CCC(CC)N(CCO)c1ncc(F)cn1. The number of hydrogen-bond donors (Lipinski definition) is 1. The minimum absolute atomic E-state index is 0.0389. The monoisotopic (exact) mass is 227 g/mol. The number of rotatable bonds is 6. The number of halogens is 1. The molecular formula is C11H18FN3O. The van der Waals surface area contributed by atoms with Gasteiger partial charge in [-0.3, -0.25) is 0 Å². The maximum absolute atomic E-state index is 12.7. The van der Waals surface area contributed by atoms with Crippen LogP contribution < -0.4 is 4.90 Å². The van der Waals surface area contributed by atoms with Crippen molar-refractivity contribution >= 4 is 5.95 Å². The molecule has 0 saturated heterocycles. The third-order valence-electron chi connectivity index (χ3n) is 2.59. The Kier molecular flexibility index (Phi) is 5.11. The number of aliphatic hydroxyl groups is 1. The van der Waals surface area contributed by atoms with Crippen molar-refractivity contribution in [2.24, 2.45) is 0 Å². The molecule has 0 bridgehead atoms. The van der Waals surface area contributed by atoms with E-state index in [1.54, 1.807) is 0 Å². The van der Waals surface area contributed by atoms with E-state index in [0.29, 0.717) is 12.5 Å². The van der Waals surface area contributed by atoms with Crippen LogP contribution in [0.2, 0.25) is 0 Å². The number of nitrogens with zero attached hydrogens (tertiary/aromatic N) is 3. The quantitative estimate of drug-likeness (QED) is 0.802. The van der Waals surface area contributed by atoms with Gasteiger partial charge in [0.25, 0.3) is 0 Å². The second kappa shape index (κ2) is 6.37. The Bertz CT molecular complexity index is 301. The van der Waals surface area contributed by atoms with Gasteiger partial charge >= 0.3 is 0 Å². The highest BCUT2D eigenvalue weighted by atomic mass is 19.1. The molecule has 1 heterocycles. The lowest BCUT2D eigenvalue weighted by Gasteiger charge is -2.29. The van der Waals surface area contributed by atoms with Gasteiger partial charge in [-0.25, -0.2) is 14.4 Å². The Morgan fingerprint density at radius 1 is 1.31 bits per heavy atom. The molecule has 16 heavy (non-hydrogen) atoms. The van der Waals surface area contributed by atoms with E-state index in [-0.39, 0.29) is 12.6 Å². The summed E-state index contributed by atoms with van der Waals surface area (Å²) in [4.78, 5) is 9.80. The van der Waals surface area contributed by atoms with E-state index >= 15 is 0 Å². The zero-order chi connectivity index (χ0) is 12.0. The summed E-state index contributed by atoms with van der Waals surface area (Å²) in [6.07, 6.45) is 4.18. The largest absolute Gasteiger partial charge is 0.395 e. The van der Waals surface area contributed by atoms with Crippen LogP contribution in [0.4, 0.5) is 10.3 Å². The van der Waals surface area contributed by atoms with Gasteiger partial charge in [0.2, 0.25) is 5.95 Å². The lowest BCUT2D eigenvalue weighted by atomic mass is 10.1. The molecule has 1 aromatic rings. The first-order valence-corrected chi connectivity index (χ1v) is 5.57. The maximum atomic E-state index is 12.7. The van der Waals surface area contributed by atoms with Gasteiger partial charge in [0, 0.05) is 12.6 Å². The van der Waals surface area contributed by atoms with Crippen LogP contribution in [0.1, 0.15) is 26.7 Å². The van der Waals surface area contributed by atoms with E-state index < -0.39 is 5.82 Å². The van der Waals surface area contributed by atoms with E-state index in [0.717, 1.165) is 25.2 Å². The molecule has 0 spiro atoms. The third kappa shape index (κ3) is 3.13. The average Bonchev–Trinajstić information content (AvgIpc) is 2.31. The minimum Gasteiger partial charge on any atom is -0.395 e. The molecule has 90 valence electrons. The zero-order valence-corrected chi connectivity index (χ0v) is 9.73. The van der Waals surface area contributed by atoms with Gasteiger partial charge in [-0.15, -0.1) is 0 Å². The highest BCUT2D eigenvalue weighted by Gasteiger charge is 2.17. The van der Waals surface area contributed by atoms with Gasteiger partial charge in [-0.1, -0.05) is 13.8 Å². The van der Waals surface area contributed by atoms with Crippen LogP contribution in [0, 0.1) is 5.82 Å². The Balaban J connectivity index is 2.87. The molecule has 1 N–H and O–H groups in total. The van der Waals surface area contributed by atoms with E-state index in [2.05, 4.69) is 23.8 Å². The van der Waals surface area contributed by atoms with Gasteiger partial charge in [0.15, 0.2) is 5.82 Å². The molecule has 1 rings (SSSR count). The van der Waals surface area contributed by atoms with E-state index in [1.807, 2.05) is 4.90 Å². The molecule has 1 aromatic heterocycles. The first-order chi connectivity index (χ1) is 7.72. The normalized spacial score (nSPS) is 10.8. The van der Waals surface area contributed by atoms with Crippen LogP contribution in [0.5, 0.6) is 0 Å². The Morgan fingerprint density at radius 2 is 1.88 bits per heavy atom. The van der Waals surface area contributed by atoms with Crippen molar-refractivity contribution < 1.29 is 9.50 Å². The van der Waals surface area contributed by atoms with Gasteiger partial charge in [0.05, 0.1) is 19.0 Å². The first-order valence-electron chi connectivity index (χ1n) is 5.57. The Morgan fingerprint density at radius 3 is 2.31 bits per heavy atom. The van der Waals surface area contributed by atoms with Crippen molar-refractivity contribution in [2.75, 3.05) is 18.1 Å². The summed E-state index contributed by atoms with van der Waals surface area (Å²) < 4.78 is 12.7. The van der Waals surface area contributed by atoms with Crippen LogP contribution >= 0.6 is 0 Å². The lowest BCUT2D eigenvalue weighted by molar-refractivity contribution is 0.295. The fourth-order valence-corrected chi connectivity index (χ4v) is 1.74. The molecule has 5 heteroatoms. The molecule has 0 radical (unpaired) electrons. The number of anilines is 1. The Labute approximate surface area is 95.1 Å². The van der Waals surface area contributed by atoms with Crippen molar-refractivity contribution in [3.63, 3.8) is 0 Å². The number of aromatic nitrogens is 2. The van der Waals surface area contributed by atoms with Crippen LogP contribution in [0.3, 0.4) is 0 Å². The van der Waals surface area contributed by atoms with Crippen molar-refractivity contribution in [3.05, 3.63) is 18.2 Å². The first kappa shape index (κ1) is 12.8. The molecule has 0 aliphatic rings. The summed E-state index contributed by atoms with van der Waals surface area (Å²) in [6.45, 7) is 4.65. The van der Waals surface area contributed by atoms with Crippen LogP contribution in [-0.2, 0) is 0 Å². The smallest absolute Gasteiger partial charge is 0.225 e. The third-order valence-corrected chi connectivity index (χ3v) is 2.59. The molecule has 4 nitrogen and oxygen atoms in total. The fraction of sp³-hybridized carbons (Fsp3) is 0.636. The lowest BCUT2D eigenvalue weighted by Crippen LogP contribution is -2.38. The highest BCUT2D eigenvalue weighted by molar-refractivity contribution is 5.30. The van der Waals surface area contributed by atoms with Gasteiger partial charge in [-0.2, -0.15) is 0 Å². The summed E-state index contributed by atoms with van der Waals surface area (Å²) in [7, 11) is 0. The standard InChI is InChI=1S/C11H18FN3O/c1-3-10(4-2)15(5-6-16)11-13-7-9(12)8-14-11/h7-8,10,16H,3-6H2,1-2H3. The van der Waals surface area contributed by atoms with E-state index in [4.69, 9.17) is 5.11 Å². The summed E-state index contributed by atoms with van der Waals surface area (Å²) in [5, 5.41) is 9.02. The predicted molar refractivity (Wildman–Crippen MR) is 60.8 cm³/mol. The average molecular weight is 227 g/mol. The second-order valence-corrected chi connectivity index (χ2v) is 3.59. The summed E-state index contributed by atoms with van der Waals surface area (Å²) >= 11 is 0. The molecule has 0 amide bonds. The van der Waals surface area contributed by atoms with Crippen molar-refractivity contribution in [1.82, 2.24) is 9.97 Å². The fourth-order valence-electron chi connectivity index (χ4n) is 1.74. The molecule has 0 aromatic carbocycles. The summed E-state index contributed by atoms with van der Waals surface area (Å²) in [5.74, 6) is 0.0291. The number of hydrogen-bond acceptors (Lipinski definition) is 4. The highest BCUT2D eigenvalue weighted by Crippen LogP contribution is 2.15. The molecular weight excluding hydrogens is 209 g/mol. The zero-order valence-electron chi connectivity index (χ0n) is 9.73. The van der Waals surface area contributed by atoms with Gasteiger partial charge in [-0.05, 0) is 12.8 Å². The predicted octanol–water partition coefficient (Wildman–Crippen LogP) is 1.60. The summed E-state index contributed by atoms with van der Waals surface area (Å²) in [5.41, 5.74) is 0. The van der Waals surface area contributed by atoms with Crippen LogP contribution in [-0.4, -0.2) is 34.3 Å². The number of aliphatic hydroxyl groups excluding tert-OH is 1. The minimum atomic E-state index is -0.447. The molecule has 0 unspecified atom stereocenters. The molecule has 0 aliphatic carbocycles. The van der Waals surface area contributed by atoms with E-state index in [9.17, 15) is 4.39 Å². The second-order valence-electron chi connectivity index (χ2n) is 3.59. The Hall–Kier alpha value is -1.23. The van der Waals surface area contributed by atoms with Crippen LogP contribution in [0.15, 0.2) is 12.4 Å². The van der Waals surface area contributed by atoms with Crippen molar-refractivity contribution in [3.8, 4) is 0 Å². The molecule has 0 saturated carbocycles. The summed E-state index contributed by atoms with van der Waals surface area (Å²) in [6, 6.07) is 0.276. The van der Waals surface area contributed by atoms with Crippen molar-refractivity contribution in [2.45, 2.75) is 32.7 Å². The van der Waals surface area contributed by atoms with E-state index in [1.165, 1.54) is 0 Å². The van der Waals surface area contributed by atoms with Gasteiger partial charge < -0.3 is 10.0 Å². The topological polar surface area (TPSA) is 49.2 Å². The maximum Gasteiger partial charge on any atom is 0.225 e.